The van der Waals surface area contributed by atoms with Crippen molar-refractivity contribution in [3.63, 3.8) is 0 Å². The van der Waals surface area contributed by atoms with Gasteiger partial charge in [-0.1, -0.05) is 23.5 Å². The molecule has 6 rings (SSSR count). The van der Waals surface area contributed by atoms with Crippen LogP contribution in [0.2, 0.25) is 0 Å². The fourth-order valence-corrected chi connectivity index (χ4v) is 6.03. The zero-order valence-electron chi connectivity index (χ0n) is 20.4. The number of amides is 1. The molecule has 0 saturated heterocycles. The molecular weight excluding hydrogens is 479 g/mol. The van der Waals surface area contributed by atoms with Gasteiger partial charge in [-0.15, -0.1) is 10.2 Å². The molecule has 0 aliphatic heterocycles. The van der Waals surface area contributed by atoms with Gasteiger partial charge in [-0.05, 0) is 81.6 Å². The first-order valence-electron chi connectivity index (χ1n) is 12.1. The maximum absolute atomic E-state index is 14.8. The molecule has 2 aromatic heterocycles. The van der Waals surface area contributed by atoms with Crippen LogP contribution in [0, 0.1) is 18.2 Å². The number of allylic oxidation sites excluding steroid dienone is 1. The minimum absolute atomic E-state index is 0.208. The maximum atomic E-state index is 14.8. The lowest BCUT2D eigenvalue weighted by molar-refractivity contribution is -0.0906. The number of aromatic nitrogens is 3. The third-order valence-electron chi connectivity index (χ3n) is 7.58. The molecule has 3 aromatic rings. The predicted molar refractivity (Wildman–Crippen MR) is 138 cm³/mol. The van der Waals surface area contributed by atoms with Crippen LogP contribution in [0.3, 0.4) is 0 Å². The minimum atomic E-state index is -0.489. The second-order valence-corrected chi connectivity index (χ2v) is 10.9. The number of carbonyl (C=O) groups excluding carboxylic acids is 1. The fourth-order valence-electron chi connectivity index (χ4n) is 5.36. The SMILES string of the molecule is COc1cccc(F)c1-c1cc(C)ncc1C(=O)Nc1nnc(/C=C\CC23CCC(O)(CC2)CC3)s1. The van der Waals surface area contributed by atoms with Gasteiger partial charge in [0.2, 0.25) is 5.13 Å². The van der Waals surface area contributed by atoms with Gasteiger partial charge in [0, 0.05) is 17.5 Å². The highest BCUT2D eigenvalue weighted by Crippen LogP contribution is 2.54. The zero-order chi connectivity index (χ0) is 25.3. The van der Waals surface area contributed by atoms with Crippen LogP contribution < -0.4 is 10.1 Å². The van der Waals surface area contributed by atoms with Gasteiger partial charge in [-0.25, -0.2) is 4.39 Å². The summed E-state index contributed by atoms with van der Waals surface area (Å²) in [5.41, 5.74) is 1.32. The van der Waals surface area contributed by atoms with Crippen LogP contribution in [0.1, 0.15) is 66.0 Å². The molecular formula is C27H29FN4O3S. The van der Waals surface area contributed by atoms with Crippen LogP contribution in [-0.4, -0.2) is 38.9 Å². The molecule has 1 aromatic carbocycles. The lowest BCUT2D eigenvalue weighted by atomic mass is 9.57. The van der Waals surface area contributed by atoms with Crippen molar-refractivity contribution < 1.29 is 19.0 Å². The Morgan fingerprint density at radius 3 is 2.69 bits per heavy atom. The van der Waals surface area contributed by atoms with Gasteiger partial charge in [0.1, 0.15) is 16.6 Å². The maximum Gasteiger partial charge on any atom is 0.259 e. The number of fused-ring (bicyclic) bond motifs is 3. The first-order chi connectivity index (χ1) is 17.3. The van der Waals surface area contributed by atoms with Gasteiger partial charge in [0.05, 0.1) is 23.8 Å². The Hall–Kier alpha value is -3.17. The van der Waals surface area contributed by atoms with Gasteiger partial charge in [-0.2, -0.15) is 0 Å². The fraction of sp³-hybridized carbons (Fsp3) is 0.407. The van der Waals surface area contributed by atoms with E-state index in [1.165, 1.54) is 30.7 Å². The molecule has 7 nitrogen and oxygen atoms in total. The summed E-state index contributed by atoms with van der Waals surface area (Å²) in [5, 5.41) is 22.5. The lowest BCUT2D eigenvalue weighted by Crippen LogP contribution is -2.45. The molecule has 0 radical (unpaired) electrons. The first-order valence-corrected chi connectivity index (χ1v) is 12.9. The summed E-state index contributed by atoms with van der Waals surface area (Å²) in [5.74, 6) is -0.610. The molecule has 3 fully saturated rings. The van der Waals surface area contributed by atoms with Crippen LogP contribution >= 0.6 is 11.3 Å². The van der Waals surface area contributed by atoms with E-state index in [4.69, 9.17) is 4.74 Å². The third kappa shape index (κ3) is 4.90. The molecule has 0 atom stereocenters. The number of nitrogens with one attached hydrogen (secondary N) is 1. The van der Waals surface area contributed by atoms with E-state index in [-0.39, 0.29) is 16.5 Å². The molecule has 36 heavy (non-hydrogen) atoms. The van der Waals surface area contributed by atoms with Gasteiger partial charge < -0.3 is 9.84 Å². The van der Waals surface area contributed by atoms with Gasteiger partial charge in [-0.3, -0.25) is 15.1 Å². The van der Waals surface area contributed by atoms with Crippen molar-refractivity contribution in [2.45, 2.75) is 57.5 Å². The number of rotatable bonds is 7. The van der Waals surface area contributed by atoms with E-state index in [1.807, 2.05) is 6.08 Å². The predicted octanol–water partition coefficient (Wildman–Crippen LogP) is 5.80. The largest absolute Gasteiger partial charge is 0.496 e. The Balaban J connectivity index is 1.30. The zero-order valence-corrected chi connectivity index (χ0v) is 21.2. The summed E-state index contributed by atoms with van der Waals surface area (Å²) < 4.78 is 20.1. The number of halogens is 1. The Morgan fingerprint density at radius 1 is 1.22 bits per heavy atom. The number of carbonyl (C=O) groups is 1. The molecule has 9 heteroatoms. The Labute approximate surface area is 213 Å². The van der Waals surface area contributed by atoms with Crippen molar-refractivity contribution in [2.75, 3.05) is 12.4 Å². The summed E-state index contributed by atoms with van der Waals surface area (Å²) >= 11 is 1.27. The molecule has 3 saturated carbocycles. The molecule has 2 heterocycles. The van der Waals surface area contributed by atoms with E-state index in [0.717, 1.165) is 44.9 Å². The molecule has 188 valence electrons. The molecule has 2 N–H and O–H groups in total. The average molecular weight is 509 g/mol. The van der Waals surface area contributed by atoms with E-state index < -0.39 is 17.3 Å². The first kappa shape index (κ1) is 24.5. The van der Waals surface area contributed by atoms with E-state index in [9.17, 15) is 14.3 Å². The number of hydrogen-bond acceptors (Lipinski definition) is 7. The number of nitrogens with zero attached hydrogens (tertiary/aromatic N) is 3. The highest BCUT2D eigenvalue weighted by Gasteiger charge is 2.46. The number of hydrogen-bond donors (Lipinski definition) is 2. The van der Waals surface area contributed by atoms with Crippen molar-refractivity contribution in [3.8, 4) is 16.9 Å². The summed E-state index contributed by atoms with van der Waals surface area (Å²) in [6.45, 7) is 1.78. The number of ether oxygens (including phenoxy) is 1. The topological polar surface area (TPSA) is 97.2 Å². The van der Waals surface area contributed by atoms with Crippen LogP contribution in [0.4, 0.5) is 9.52 Å². The molecule has 3 aliphatic carbocycles. The Bertz CT molecular complexity index is 1300. The number of aliphatic hydroxyl groups is 1. The monoisotopic (exact) mass is 508 g/mol. The van der Waals surface area contributed by atoms with E-state index in [1.54, 1.807) is 25.1 Å². The van der Waals surface area contributed by atoms with Crippen LogP contribution in [0.15, 0.2) is 36.5 Å². The second kappa shape index (κ2) is 9.71. The molecule has 2 bridgehead atoms. The van der Waals surface area contributed by atoms with Gasteiger partial charge >= 0.3 is 0 Å². The number of anilines is 1. The quantitative estimate of drug-likeness (QED) is 0.419. The number of pyridine rings is 1. The standard InChI is InChI=1S/C27H29FN4O3S/c1-17-15-18(23-20(28)5-3-6-21(23)35-2)19(16-29-17)24(33)30-25-32-31-22(36-25)7-4-8-26-9-12-27(34,13-10-26)14-11-26/h3-7,15-16,34H,8-14H2,1-2H3,(H,30,32,33)/b7-4-. The van der Waals surface area contributed by atoms with E-state index >= 15 is 0 Å². The molecule has 0 unspecified atom stereocenters. The highest BCUT2D eigenvalue weighted by atomic mass is 32.1. The summed E-state index contributed by atoms with van der Waals surface area (Å²) in [6, 6.07) is 6.21. The van der Waals surface area contributed by atoms with Gasteiger partial charge in [0.15, 0.2) is 0 Å². The van der Waals surface area contributed by atoms with Crippen molar-refractivity contribution in [1.29, 1.82) is 0 Å². The normalized spacial score (nSPS) is 23.2. The number of benzene rings is 1. The van der Waals surface area contributed by atoms with E-state index in [0.29, 0.717) is 27.1 Å². The van der Waals surface area contributed by atoms with Crippen molar-refractivity contribution in [3.05, 3.63) is 58.6 Å². The summed E-state index contributed by atoms with van der Waals surface area (Å²) in [4.78, 5) is 17.4. The second-order valence-electron chi connectivity index (χ2n) is 9.92. The molecule has 1 amide bonds. The molecule has 0 spiro atoms. The third-order valence-corrected chi connectivity index (χ3v) is 8.39. The van der Waals surface area contributed by atoms with Gasteiger partial charge in [0.25, 0.3) is 5.91 Å². The Morgan fingerprint density at radius 2 is 1.97 bits per heavy atom. The Kier molecular flexibility index (Phi) is 6.61. The lowest BCUT2D eigenvalue weighted by Gasteiger charge is -2.50. The van der Waals surface area contributed by atoms with Crippen LogP contribution in [0.5, 0.6) is 5.75 Å². The summed E-state index contributed by atoms with van der Waals surface area (Å²) in [6.07, 6.45) is 12.3. The number of methoxy groups -OCH3 is 1. The van der Waals surface area contributed by atoms with E-state index in [2.05, 4.69) is 26.6 Å². The smallest absolute Gasteiger partial charge is 0.259 e. The van der Waals surface area contributed by atoms with Crippen molar-refractivity contribution >= 4 is 28.5 Å². The van der Waals surface area contributed by atoms with Crippen LogP contribution in [0.25, 0.3) is 17.2 Å². The minimum Gasteiger partial charge on any atom is -0.496 e. The average Bonchev–Trinajstić information content (AvgIpc) is 3.31. The molecule has 3 aliphatic rings. The number of aryl methyl sites for hydroxylation is 1. The van der Waals surface area contributed by atoms with Crippen LogP contribution in [-0.2, 0) is 0 Å². The summed E-state index contributed by atoms with van der Waals surface area (Å²) in [7, 11) is 1.46. The highest BCUT2D eigenvalue weighted by molar-refractivity contribution is 7.16. The van der Waals surface area contributed by atoms with Crippen molar-refractivity contribution in [1.82, 2.24) is 15.2 Å². The van der Waals surface area contributed by atoms with Crippen molar-refractivity contribution in [2.24, 2.45) is 5.41 Å².